The van der Waals surface area contributed by atoms with E-state index in [9.17, 15) is 0 Å². The third kappa shape index (κ3) is 25.0. The van der Waals surface area contributed by atoms with Gasteiger partial charge in [-0.1, -0.05) is 78.6 Å². The Morgan fingerprint density at radius 2 is 0.867 bits per heavy atom. The first-order valence-corrected chi connectivity index (χ1v) is 7.42. The van der Waals surface area contributed by atoms with Gasteiger partial charge in [-0.2, -0.15) is 0 Å². The van der Waals surface area contributed by atoms with Gasteiger partial charge in [0.05, 0.1) is 0 Å². The van der Waals surface area contributed by atoms with Crippen LogP contribution < -0.4 is 0 Å². The number of hydrogen-bond acceptors (Lipinski definition) is 0. The molecule has 0 bridgehead atoms. The van der Waals surface area contributed by atoms with Crippen molar-refractivity contribution in [3.8, 4) is 0 Å². The molecule has 0 aliphatic rings. The fraction of sp³-hybridized carbons (Fsp3) is 1.00. The summed E-state index contributed by atoms with van der Waals surface area (Å²) < 4.78 is 0. The Morgan fingerprint density at radius 3 is 1.27 bits per heavy atom. The minimum absolute atomic E-state index is 0.839. The molecule has 1 heteroatoms. The fourth-order valence-electron chi connectivity index (χ4n) is 1.37. The lowest BCUT2D eigenvalue weighted by atomic mass is 10.1. The summed E-state index contributed by atoms with van der Waals surface area (Å²) in [6.45, 7) is 6.70. The smallest absolute Gasteiger partial charge is 0.0223 e. The summed E-state index contributed by atoms with van der Waals surface area (Å²) in [5.41, 5.74) is 0. The zero-order valence-electron chi connectivity index (χ0n) is 11.2. The Bertz CT molecular complexity index is 71.4. The standard InChI is InChI=1S/C8H17Cl.C6H14/c1-2-3-4-5-6-7-8-9;1-3-5-6-4-2/h2-8H2,1H3;3-6H2,1-2H3. The van der Waals surface area contributed by atoms with E-state index in [1.807, 2.05) is 0 Å². The summed E-state index contributed by atoms with van der Waals surface area (Å²) in [6, 6.07) is 0. The normalized spacial score (nSPS) is 9.60. The van der Waals surface area contributed by atoms with Crippen LogP contribution in [-0.4, -0.2) is 5.88 Å². The molecule has 0 unspecified atom stereocenters. The van der Waals surface area contributed by atoms with Crippen LogP contribution in [0.25, 0.3) is 0 Å². The maximum atomic E-state index is 5.51. The predicted octanol–water partition coefficient (Wildman–Crippen LogP) is 6.17. The first-order chi connectivity index (χ1) is 7.33. The zero-order valence-corrected chi connectivity index (χ0v) is 11.9. The molecule has 0 fully saturated rings. The van der Waals surface area contributed by atoms with E-state index in [1.54, 1.807) is 0 Å². The highest BCUT2D eigenvalue weighted by Gasteiger charge is 1.86. The zero-order chi connectivity index (χ0) is 11.8. The summed E-state index contributed by atoms with van der Waals surface area (Å²) in [4.78, 5) is 0. The minimum Gasteiger partial charge on any atom is -0.127 e. The summed E-state index contributed by atoms with van der Waals surface area (Å²) in [6.07, 6.45) is 13.6. The molecule has 0 radical (unpaired) electrons. The second-order valence-electron chi connectivity index (χ2n) is 4.16. The summed E-state index contributed by atoms with van der Waals surface area (Å²) in [5, 5.41) is 0. The van der Waals surface area contributed by atoms with E-state index in [0.29, 0.717) is 0 Å². The van der Waals surface area contributed by atoms with Crippen LogP contribution in [0.2, 0.25) is 0 Å². The molecule has 0 aromatic rings. The van der Waals surface area contributed by atoms with Crippen molar-refractivity contribution in [1.82, 2.24) is 0 Å². The summed E-state index contributed by atoms with van der Waals surface area (Å²) in [7, 11) is 0. The van der Waals surface area contributed by atoms with Crippen molar-refractivity contribution in [3.63, 3.8) is 0 Å². The molecule has 0 saturated heterocycles. The highest BCUT2D eigenvalue weighted by Crippen LogP contribution is 2.04. The maximum absolute atomic E-state index is 5.51. The van der Waals surface area contributed by atoms with Crippen LogP contribution in [0.1, 0.15) is 85.0 Å². The molecule has 15 heavy (non-hydrogen) atoms. The largest absolute Gasteiger partial charge is 0.127 e. The Labute approximate surface area is 103 Å². The quantitative estimate of drug-likeness (QED) is 0.331. The van der Waals surface area contributed by atoms with Crippen molar-refractivity contribution < 1.29 is 0 Å². The van der Waals surface area contributed by atoms with Gasteiger partial charge in [0.25, 0.3) is 0 Å². The van der Waals surface area contributed by atoms with Crippen molar-refractivity contribution in [2.75, 3.05) is 5.88 Å². The van der Waals surface area contributed by atoms with Crippen LogP contribution in [0.15, 0.2) is 0 Å². The van der Waals surface area contributed by atoms with Crippen LogP contribution in [0.5, 0.6) is 0 Å². The molecule has 0 rings (SSSR count). The number of halogens is 1. The molecular weight excluding hydrogens is 204 g/mol. The highest BCUT2D eigenvalue weighted by atomic mass is 35.5. The predicted molar refractivity (Wildman–Crippen MR) is 73.9 cm³/mol. The van der Waals surface area contributed by atoms with Gasteiger partial charge < -0.3 is 0 Å². The van der Waals surface area contributed by atoms with Crippen molar-refractivity contribution >= 4 is 11.6 Å². The molecular formula is C14H31Cl. The van der Waals surface area contributed by atoms with Gasteiger partial charge in [-0.15, -0.1) is 11.6 Å². The van der Waals surface area contributed by atoms with E-state index in [1.165, 1.54) is 64.2 Å². The lowest BCUT2D eigenvalue weighted by Gasteiger charge is -1.95. The first kappa shape index (κ1) is 17.7. The van der Waals surface area contributed by atoms with Crippen LogP contribution in [0.3, 0.4) is 0 Å². The van der Waals surface area contributed by atoms with Crippen molar-refractivity contribution in [3.05, 3.63) is 0 Å². The molecule has 0 N–H and O–H groups in total. The van der Waals surface area contributed by atoms with Gasteiger partial charge in [-0.05, 0) is 6.42 Å². The molecule has 0 amide bonds. The highest BCUT2D eigenvalue weighted by molar-refractivity contribution is 6.17. The molecule has 0 atom stereocenters. The van der Waals surface area contributed by atoms with Gasteiger partial charge in [0.2, 0.25) is 0 Å². The number of hydrogen-bond donors (Lipinski definition) is 0. The van der Waals surface area contributed by atoms with Gasteiger partial charge in [0, 0.05) is 5.88 Å². The Kier molecular flexibility index (Phi) is 23.3. The SMILES string of the molecule is CCCCCC.CCCCCCCCCl. The third-order valence-corrected chi connectivity index (χ3v) is 2.71. The van der Waals surface area contributed by atoms with Crippen molar-refractivity contribution in [1.29, 1.82) is 0 Å². The van der Waals surface area contributed by atoms with E-state index < -0.39 is 0 Å². The maximum Gasteiger partial charge on any atom is 0.0223 e. The van der Waals surface area contributed by atoms with Crippen molar-refractivity contribution in [2.45, 2.75) is 85.0 Å². The molecule has 0 saturated carbocycles. The topological polar surface area (TPSA) is 0 Å². The number of rotatable bonds is 9. The monoisotopic (exact) mass is 234 g/mol. The molecule has 0 aliphatic heterocycles. The molecule has 0 heterocycles. The van der Waals surface area contributed by atoms with Crippen LogP contribution >= 0.6 is 11.6 Å². The van der Waals surface area contributed by atoms with Gasteiger partial charge in [-0.25, -0.2) is 0 Å². The Hall–Kier alpha value is 0.290. The van der Waals surface area contributed by atoms with E-state index in [2.05, 4.69) is 20.8 Å². The van der Waals surface area contributed by atoms with Gasteiger partial charge >= 0.3 is 0 Å². The van der Waals surface area contributed by atoms with Crippen LogP contribution in [0.4, 0.5) is 0 Å². The molecule has 0 aromatic carbocycles. The van der Waals surface area contributed by atoms with E-state index in [4.69, 9.17) is 11.6 Å². The second-order valence-corrected chi connectivity index (χ2v) is 4.54. The van der Waals surface area contributed by atoms with E-state index in [-0.39, 0.29) is 0 Å². The van der Waals surface area contributed by atoms with E-state index in [0.717, 1.165) is 5.88 Å². The third-order valence-electron chi connectivity index (χ3n) is 2.44. The molecule has 94 valence electrons. The number of unbranched alkanes of at least 4 members (excludes halogenated alkanes) is 8. The Balaban J connectivity index is 0. The lowest BCUT2D eigenvalue weighted by molar-refractivity contribution is 0.626. The fourth-order valence-corrected chi connectivity index (χ4v) is 1.56. The minimum atomic E-state index is 0.839. The van der Waals surface area contributed by atoms with Crippen molar-refractivity contribution in [2.24, 2.45) is 0 Å². The van der Waals surface area contributed by atoms with Gasteiger partial charge in [0.15, 0.2) is 0 Å². The average Bonchev–Trinajstić information content (AvgIpc) is 2.27. The Morgan fingerprint density at radius 1 is 0.533 bits per heavy atom. The number of alkyl halides is 1. The molecule has 0 aromatic heterocycles. The van der Waals surface area contributed by atoms with Gasteiger partial charge in [-0.3, -0.25) is 0 Å². The summed E-state index contributed by atoms with van der Waals surface area (Å²) >= 11 is 5.51. The van der Waals surface area contributed by atoms with E-state index >= 15 is 0 Å². The molecule has 0 aliphatic carbocycles. The molecule has 0 spiro atoms. The van der Waals surface area contributed by atoms with Gasteiger partial charge in [0.1, 0.15) is 0 Å². The lowest BCUT2D eigenvalue weighted by Crippen LogP contribution is -1.78. The summed E-state index contributed by atoms with van der Waals surface area (Å²) in [5.74, 6) is 0.839. The van der Waals surface area contributed by atoms with Crippen LogP contribution in [-0.2, 0) is 0 Å². The average molecular weight is 235 g/mol. The first-order valence-electron chi connectivity index (χ1n) is 6.89. The molecule has 0 nitrogen and oxygen atoms in total. The second kappa shape index (κ2) is 19.8. The van der Waals surface area contributed by atoms with Crippen LogP contribution in [0, 0.1) is 0 Å².